The number of benzene rings is 3. The molecule has 166 valence electrons. The highest BCUT2D eigenvalue weighted by Crippen LogP contribution is 2.31. The maximum Gasteiger partial charge on any atom is 0.260 e. The quantitative estimate of drug-likeness (QED) is 0.291. The van der Waals surface area contributed by atoms with Crippen LogP contribution in [0.4, 0.5) is 9.52 Å². The van der Waals surface area contributed by atoms with Gasteiger partial charge in [0.2, 0.25) is 0 Å². The molecule has 0 aliphatic rings. The van der Waals surface area contributed by atoms with E-state index in [1.54, 1.807) is 65.8 Å². The summed E-state index contributed by atoms with van der Waals surface area (Å²) in [5, 5.41) is 0.457. The normalized spacial score (nSPS) is 10.9. The second kappa shape index (κ2) is 9.33. The highest BCUT2D eigenvalue weighted by Gasteiger charge is 2.22. The van der Waals surface area contributed by atoms with Gasteiger partial charge in [-0.15, -0.1) is 0 Å². The van der Waals surface area contributed by atoms with Crippen LogP contribution < -0.4 is 4.90 Å². The fourth-order valence-electron chi connectivity index (χ4n) is 3.58. The van der Waals surface area contributed by atoms with Gasteiger partial charge in [0.05, 0.1) is 16.8 Å². The molecule has 0 bridgehead atoms. The number of pyridine rings is 1. The fraction of sp³-hybridized carbons (Fsp3) is 0.0370. The van der Waals surface area contributed by atoms with E-state index in [0.29, 0.717) is 32.0 Å². The minimum absolute atomic E-state index is 0.111. The molecular formula is C27H18FN3O2S. The number of thiazole rings is 1. The van der Waals surface area contributed by atoms with Gasteiger partial charge in [0.25, 0.3) is 5.91 Å². The van der Waals surface area contributed by atoms with Crippen molar-refractivity contribution < 1.29 is 14.0 Å². The summed E-state index contributed by atoms with van der Waals surface area (Å²) in [7, 11) is 0. The summed E-state index contributed by atoms with van der Waals surface area (Å²) in [5.41, 5.74) is 2.95. The molecule has 0 atom stereocenters. The van der Waals surface area contributed by atoms with E-state index >= 15 is 0 Å². The average Bonchev–Trinajstić information content (AvgIpc) is 3.30. The van der Waals surface area contributed by atoms with Crippen LogP contribution in [-0.4, -0.2) is 21.7 Å². The number of rotatable bonds is 6. The Kier molecular flexibility index (Phi) is 5.93. The molecule has 0 aliphatic heterocycles. The monoisotopic (exact) mass is 467 g/mol. The van der Waals surface area contributed by atoms with Crippen molar-refractivity contribution in [3.8, 4) is 0 Å². The number of fused-ring (bicyclic) bond motifs is 1. The SMILES string of the molecule is O=C(c1ccccc1)c1ccc(C(=O)N(Cc2cccnc2)c2nc3ccc(F)cc3s2)cc1. The van der Waals surface area contributed by atoms with Gasteiger partial charge in [-0.25, -0.2) is 9.37 Å². The number of carbonyl (C=O) groups excluding carboxylic acids is 2. The first-order valence-corrected chi connectivity index (χ1v) is 11.4. The Labute approximate surface area is 199 Å². The minimum atomic E-state index is -0.355. The van der Waals surface area contributed by atoms with Crippen LogP contribution in [0.3, 0.4) is 0 Å². The number of amides is 1. The van der Waals surface area contributed by atoms with Crippen molar-refractivity contribution in [2.24, 2.45) is 0 Å². The van der Waals surface area contributed by atoms with Crippen LogP contribution in [0.5, 0.6) is 0 Å². The Morgan fingerprint density at radius 2 is 1.59 bits per heavy atom. The molecule has 0 N–H and O–H groups in total. The summed E-state index contributed by atoms with van der Waals surface area (Å²) in [5.74, 6) is -0.742. The van der Waals surface area contributed by atoms with Gasteiger partial charge < -0.3 is 0 Å². The molecule has 5 aromatic rings. The van der Waals surface area contributed by atoms with E-state index in [1.807, 2.05) is 24.3 Å². The van der Waals surface area contributed by atoms with Gasteiger partial charge in [0.15, 0.2) is 10.9 Å². The predicted molar refractivity (Wildman–Crippen MR) is 131 cm³/mol. The fourth-order valence-corrected chi connectivity index (χ4v) is 4.57. The maximum absolute atomic E-state index is 13.7. The van der Waals surface area contributed by atoms with E-state index in [1.165, 1.54) is 23.5 Å². The number of nitrogens with zero attached hydrogens (tertiary/aromatic N) is 3. The van der Waals surface area contributed by atoms with Gasteiger partial charge in [0, 0.05) is 29.1 Å². The highest BCUT2D eigenvalue weighted by molar-refractivity contribution is 7.22. The molecule has 7 heteroatoms. The maximum atomic E-state index is 13.7. The molecule has 2 aromatic heterocycles. The minimum Gasteiger partial charge on any atom is -0.289 e. The van der Waals surface area contributed by atoms with Crippen LogP contribution in [0, 0.1) is 5.82 Å². The third kappa shape index (κ3) is 4.46. The largest absolute Gasteiger partial charge is 0.289 e. The third-order valence-corrected chi connectivity index (χ3v) is 6.35. The van der Waals surface area contributed by atoms with Crippen molar-refractivity contribution in [1.29, 1.82) is 0 Å². The lowest BCUT2D eigenvalue weighted by Gasteiger charge is -2.20. The molecule has 0 radical (unpaired) electrons. The molecule has 0 fully saturated rings. The zero-order chi connectivity index (χ0) is 23.5. The second-order valence-corrected chi connectivity index (χ2v) is 8.64. The Hall–Kier alpha value is -4.23. The van der Waals surface area contributed by atoms with Crippen molar-refractivity contribution in [1.82, 2.24) is 9.97 Å². The van der Waals surface area contributed by atoms with Crippen molar-refractivity contribution in [2.75, 3.05) is 4.90 Å². The smallest absolute Gasteiger partial charge is 0.260 e. The Morgan fingerprint density at radius 1 is 0.853 bits per heavy atom. The number of aromatic nitrogens is 2. The summed E-state index contributed by atoms with van der Waals surface area (Å²) < 4.78 is 14.4. The van der Waals surface area contributed by atoms with Crippen molar-refractivity contribution in [3.63, 3.8) is 0 Å². The van der Waals surface area contributed by atoms with E-state index in [0.717, 1.165) is 5.56 Å². The Morgan fingerprint density at radius 3 is 2.32 bits per heavy atom. The van der Waals surface area contributed by atoms with E-state index < -0.39 is 0 Å². The summed E-state index contributed by atoms with van der Waals surface area (Å²) in [6.45, 7) is 0.250. The molecule has 0 saturated heterocycles. The third-order valence-electron chi connectivity index (χ3n) is 5.31. The number of carbonyl (C=O) groups is 2. The molecule has 5 rings (SSSR count). The van der Waals surface area contributed by atoms with E-state index in [-0.39, 0.29) is 24.1 Å². The molecule has 34 heavy (non-hydrogen) atoms. The average molecular weight is 468 g/mol. The lowest BCUT2D eigenvalue weighted by Crippen LogP contribution is -2.30. The van der Waals surface area contributed by atoms with Crippen molar-refractivity contribution >= 4 is 38.4 Å². The van der Waals surface area contributed by atoms with Gasteiger partial charge in [0.1, 0.15) is 5.82 Å². The number of hydrogen-bond donors (Lipinski definition) is 0. The van der Waals surface area contributed by atoms with Crippen LogP contribution >= 0.6 is 11.3 Å². The van der Waals surface area contributed by atoms with Crippen molar-refractivity contribution in [3.05, 3.63) is 125 Å². The highest BCUT2D eigenvalue weighted by atomic mass is 32.1. The number of hydrogen-bond acceptors (Lipinski definition) is 5. The molecule has 1 amide bonds. The first-order valence-electron chi connectivity index (χ1n) is 10.6. The molecule has 5 nitrogen and oxygen atoms in total. The van der Waals surface area contributed by atoms with Crippen molar-refractivity contribution in [2.45, 2.75) is 6.54 Å². The number of anilines is 1. The Bertz CT molecular complexity index is 1470. The molecular weight excluding hydrogens is 449 g/mol. The van der Waals surface area contributed by atoms with E-state index in [9.17, 15) is 14.0 Å². The van der Waals surface area contributed by atoms with Gasteiger partial charge >= 0.3 is 0 Å². The zero-order valence-corrected chi connectivity index (χ0v) is 18.7. The molecule has 0 spiro atoms. The van der Waals surface area contributed by atoms with Crippen LogP contribution in [-0.2, 0) is 6.54 Å². The topological polar surface area (TPSA) is 63.2 Å². The lowest BCUT2D eigenvalue weighted by atomic mass is 10.0. The van der Waals surface area contributed by atoms with E-state index in [2.05, 4.69) is 9.97 Å². The molecule has 3 aromatic carbocycles. The summed E-state index contributed by atoms with van der Waals surface area (Å²) in [4.78, 5) is 36.5. The van der Waals surface area contributed by atoms with Crippen LogP contribution in [0.1, 0.15) is 31.8 Å². The molecule has 0 saturated carbocycles. The first kappa shape index (κ1) is 21.6. The van der Waals surface area contributed by atoms with Crippen LogP contribution in [0.25, 0.3) is 10.2 Å². The molecule has 0 aliphatic carbocycles. The number of halogens is 1. The van der Waals surface area contributed by atoms with Gasteiger partial charge in [-0.2, -0.15) is 0 Å². The van der Waals surface area contributed by atoms with Crippen LogP contribution in [0.15, 0.2) is 97.3 Å². The summed E-state index contributed by atoms with van der Waals surface area (Å²) in [6.07, 6.45) is 3.35. The lowest BCUT2D eigenvalue weighted by molar-refractivity contribution is 0.0982. The van der Waals surface area contributed by atoms with Crippen LogP contribution in [0.2, 0.25) is 0 Å². The number of ketones is 1. The van der Waals surface area contributed by atoms with Gasteiger partial charge in [-0.05, 0) is 42.0 Å². The second-order valence-electron chi connectivity index (χ2n) is 7.63. The molecule has 2 heterocycles. The Balaban J connectivity index is 1.48. The first-order chi connectivity index (χ1) is 16.6. The molecule has 0 unspecified atom stereocenters. The zero-order valence-electron chi connectivity index (χ0n) is 17.9. The van der Waals surface area contributed by atoms with E-state index in [4.69, 9.17) is 0 Å². The van der Waals surface area contributed by atoms with Gasteiger partial charge in [-0.1, -0.05) is 59.9 Å². The summed E-state index contributed by atoms with van der Waals surface area (Å²) >= 11 is 1.25. The summed E-state index contributed by atoms with van der Waals surface area (Å²) in [6, 6.07) is 23.6. The van der Waals surface area contributed by atoms with Gasteiger partial charge in [-0.3, -0.25) is 19.5 Å². The standard InChI is InChI=1S/C27H18FN3O2S/c28-22-12-13-23-24(15-22)34-27(30-23)31(17-18-5-4-14-29-16-18)26(33)21-10-8-20(9-11-21)25(32)19-6-2-1-3-7-19/h1-16H,17H2. The predicted octanol–water partition coefficient (Wildman–Crippen LogP) is 5.91.